The second kappa shape index (κ2) is 7.38. The van der Waals surface area contributed by atoms with E-state index in [1.165, 1.54) is 38.5 Å². The minimum atomic E-state index is 0.379. The second-order valence-corrected chi connectivity index (χ2v) is 6.08. The van der Waals surface area contributed by atoms with E-state index in [-0.39, 0.29) is 0 Å². The van der Waals surface area contributed by atoms with Crippen molar-refractivity contribution in [1.82, 2.24) is 5.32 Å². The molecule has 1 fully saturated rings. The van der Waals surface area contributed by atoms with Crippen LogP contribution in [0.2, 0.25) is 0 Å². The molecule has 1 N–H and O–H groups in total. The Kier molecular flexibility index (Phi) is 6.50. The summed E-state index contributed by atoms with van der Waals surface area (Å²) in [6.07, 6.45) is 7.91. The molecule has 1 aliphatic carbocycles. The number of rotatable bonds is 7. The Morgan fingerprint density at radius 3 is 2.65 bits per heavy atom. The molecule has 0 bridgehead atoms. The SMILES string of the molecule is CCCCOC1CCCC(C)(C)C1NCCC. The Balaban J connectivity index is 2.51. The summed E-state index contributed by atoms with van der Waals surface area (Å²) in [5.74, 6) is 0. The Hall–Kier alpha value is -0.0800. The molecular formula is C15H31NO. The zero-order valence-corrected chi connectivity index (χ0v) is 12.2. The Bertz CT molecular complexity index is 203. The lowest BCUT2D eigenvalue weighted by Crippen LogP contribution is -2.53. The Morgan fingerprint density at radius 2 is 2.00 bits per heavy atom. The highest BCUT2D eigenvalue weighted by molar-refractivity contribution is 4.94. The van der Waals surface area contributed by atoms with Crippen LogP contribution < -0.4 is 5.32 Å². The fourth-order valence-electron chi connectivity index (χ4n) is 2.85. The van der Waals surface area contributed by atoms with E-state index in [0.717, 1.165) is 13.2 Å². The average molecular weight is 241 g/mol. The van der Waals surface area contributed by atoms with Crippen molar-refractivity contribution in [2.24, 2.45) is 5.41 Å². The van der Waals surface area contributed by atoms with E-state index in [1.54, 1.807) is 0 Å². The molecule has 0 heterocycles. The number of hydrogen-bond donors (Lipinski definition) is 1. The predicted molar refractivity (Wildman–Crippen MR) is 74.4 cm³/mol. The largest absolute Gasteiger partial charge is 0.377 e. The predicted octanol–water partition coefficient (Wildman–Crippen LogP) is 3.75. The molecule has 2 unspecified atom stereocenters. The second-order valence-electron chi connectivity index (χ2n) is 6.08. The molecule has 0 amide bonds. The molecule has 2 nitrogen and oxygen atoms in total. The van der Waals surface area contributed by atoms with Gasteiger partial charge in [-0.05, 0) is 37.6 Å². The van der Waals surface area contributed by atoms with E-state index in [4.69, 9.17) is 4.74 Å². The fourth-order valence-corrected chi connectivity index (χ4v) is 2.85. The first kappa shape index (κ1) is 15.0. The summed E-state index contributed by atoms with van der Waals surface area (Å²) in [6.45, 7) is 11.3. The molecule has 1 saturated carbocycles. The molecule has 0 aliphatic heterocycles. The van der Waals surface area contributed by atoms with E-state index >= 15 is 0 Å². The summed E-state index contributed by atoms with van der Waals surface area (Å²) < 4.78 is 6.11. The van der Waals surface area contributed by atoms with Crippen LogP contribution in [0.3, 0.4) is 0 Å². The van der Waals surface area contributed by atoms with Gasteiger partial charge in [-0.25, -0.2) is 0 Å². The molecular weight excluding hydrogens is 210 g/mol. The lowest BCUT2D eigenvalue weighted by atomic mass is 9.71. The van der Waals surface area contributed by atoms with Gasteiger partial charge in [-0.2, -0.15) is 0 Å². The van der Waals surface area contributed by atoms with Gasteiger partial charge in [0.15, 0.2) is 0 Å². The zero-order valence-electron chi connectivity index (χ0n) is 12.2. The number of unbranched alkanes of at least 4 members (excludes halogenated alkanes) is 1. The van der Waals surface area contributed by atoms with Gasteiger partial charge in [0, 0.05) is 12.6 Å². The van der Waals surface area contributed by atoms with Crippen molar-refractivity contribution in [1.29, 1.82) is 0 Å². The number of hydrogen-bond acceptors (Lipinski definition) is 2. The lowest BCUT2D eigenvalue weighted by Gasteiger charge is -2.44. The van der Waals surface area contributed by atoms with Crippen molar-refractivity contribution in [3.63, 3.8) is 0 Å². The minimum Gasteiger partial charge on any atom is -0.377 e. The topological polar surface area (TPSA) is 21.3 Å². The Morgan fingerprint density at radius 1 is 1.24 bits per heavy atom. The van der Waals surface area contributed by atoms with E-state index in [1.807, 2.05) is 0 Å². The maximum atomic E-state index is 6.11. The van der Waals surface area contributed by atoms with Crippen LogP contribution in [0, 0.1) is 5.41 Å². The van der Waals surface area contributed by atoms with Gasteiger partial charge in [-0.3, -0.25) is 0 Å². The first-order valence-electron chi connectivity index (χ1n) is 7.46. The lowest BCUT2D eigenvalue weighted by molar-refractivity contribution is -0.0379. The van der Waals surface area contributed by atoms with Gasteiger partial charge < -0.3 is 10.1 Å². The highest BCUT2D eigenvalue weighted by Crippen LogP contribution is 2.37. The molecule has 0 aromatic heterocycles. The molecule has 102 valence electrons. The Labute approximate surface area is 108 Å². The van der Waals surface area contributed by atoms with Crippen LogP contribution in [0.4, 0.5) is 0 Å². The van der Waals surface area contributed by atoms with Gasteiger partial charge in [0.2, 0.25) is 0 Å². The third kappa shape index (κ3) is 4.59. The average Bonchev–Trinajstić information content (AvgIpc) is 2.28. The van der Waals surface area contributed by atoms with Gasteiger partial charge in [-0.15, -0.1) is 0 Å². The van der Waals surface area contributed by atoms with Gasteiger partial charge in [0.05, 0.1) is 6.10 Å². The van der Waals surface area contributed by atoms with E-state index in [0.29, 0.717) is 17.6 Å². The van der Waals surface area contributed by atoms with Crippen LogP contribution in [0.1, 0.15) is 66.2 Å². The van der Waals surface area contributed by atoms with Crippen LogP contribution in [-0.4, -0.2) is 25.3 Å². The van der Waals surface area contributed by atoms with Crippen LogP contribution in [0.5, 0.6) is 0 Å². The smallest absolute Gasteiger partial charge is 0.0733 e. The monoisotopic (exact) mass is 241 g/mol. The molecule has 0 radical (unpaired) electrons. The maximum absolute atomic E-state index is 6.11. The van der Waals surface area contributed by atoms with Crippen molar-refractivity contribution < 1.29 is 4.74 Å². The molecule has 1 aliphatic rings. The van der Waals surface area contributed by atoms with Gasteiger partial charge >= 0.3 is 0 Å². The summed E-state index contributed by atoms with van der Waals surface area (Å²) in [4.78, 5) is 0. The summed E-state index contributed by atoms with van der Waals surface area (Å²) in [6, 6.07) is 0.535. The van der Waals surface area contributed by atoms with Gasteiger partial charge in [0.25, 0.3) is 0 Å². The molecule has 0 spiro atoms. The quantitative estimate of drug-likeness (QED) is 0.685. The maximum Gasteiger partial charge on any atom is 0.0733 e. The molecule has 2 atom stereocenters. The van der Waals surface area contributed by atoms with Crippen molar-refractivity contribution in [2.45, 2.75) is 78.4 Å². The van der Waals surface area contributed by atoms with Gasteiger partial charge in [-0.1, -0.05) is 40.5 Å². The first-order valence-corrected chi connectivity index (χ1v) is 7.46. The third-order valence-electron chi connectivity index (χ3n) is 3.97. The van der Waals surface area contributed by atoms with Crippen molar-refractivity contribution in [2.75, 3.05) is 13.2 Å². The summed E-state index contributed by atoms with van der Waals surface area (Å²) in [7, 11) is 0. The van der Waals surface area contributed by atoms with E-state index in [2.05, 4.69) is 33.0 Å². The van der Waals surface area contributed by atoms with Crippen LogP contribution in [0.15, 0.2) is 0 Å². The summed E-state index contributed by atoms with van der Waals surface area (Å²) >= 11 is 0. The molecule has 1 rings (SSSR count). The summed E-state index contributed by atoms with van der Waals surface area (Å²) in [5.41, 5.74) is 0.379. The zero-order chi connectivity index (χ0) is 12.7. The van der Waals surface area contributed by atoms with Crippen molar-refractivity contribution in [3.8, 4) is 0 Å². The standard InChI is InChI=1S/C15H31NO/c1-5-7-12-17-13-9-8-10-15(3,4)14(13)16-11-6-2/h13-14,16H,5-12H2,1-4H3. The van der Waals surface area contributed by atoms with E-state index in [9.17, 15) is 0 Å². The molecule has 0 aromatic carbocycles. The normalized spacial score (nSPS) is 28.2. The highest BCUT2D eigenvalue weighted by Gasteiger charge is 2.38. The van der Waals surface area contributed by atoms with Crippen LogP contribution in [0.25, 0.3) is 0 Å². The summed E-state index contributed by atoms with van der Waals surface area (Å²) in [5, 5.41) is 3.71. The third-order valence-corrected chi connectivity index (χ3v) is 3.97. The highest BCUT2D eigenvalue weighted by atomic mass is 16.5. The van der Waals surface area contributed by atoms with E-state index < -0.39 is 0 Å². The van der Waals surface area contributed by atoms with Gasteiger partial charge in [0.1, 0.15) is 0 Å². The first-order chi connectivity index (χ1) is 8.11. The molecule has 0 aromatic rings. The van der Waals surface area contributed by atoms with Crippen LogP contribution in [-0.2, 0) is 4.74 Å². The minimum absolute atomic E-state index is 0.379. The number of ether oxygens (including phenoxy) is 1. The molecule has 2 heteroatoms. The molecule has 17 heavy (non-hydrogen) atoms. The number of nitrogens with one attached hydrogen (secondary N) is 1. The van der Waals surface area contributed by atoms with Crippen molar-refractivity contribution >= 4 is 0 Å². The van der Waals surface area contributed by atoms with Crippen LogP contribution >= 0.6 is 0 Å². The fraction of sp³-hybridized carbons (Fsp3) is 1.00. The molecule has 0 saturated heterocycles. The van der Waals surface area contributed by atoms with Crippen molar-refractivity contribution in [3.05, 3.63) is 0 Å².